The maximum atomic E-state index is 12.6. The van der Waals surface area contributed by atoms with Gasteiger partial charge >= 0.3 is 0 Å². The molecule has 25 heavy (non-hydrogen) atoms. The summed E-state index contributed by atoms with van der Waals surface area (Å²) in [5.41, 5.74) is 6.68. The van der Waals surface area contributed by atoms with Crippen molar-refractivity contribution in [3.63, 3.8) is 0 Å². The average molecular weight is 368 g/mol. The highest BCUT2D eigenvalue weighted by molar-refractivity contribution is 5.98. The summed E-state index contributed by atoms with van der Waals surface area (Å²) in [6.45, 7) is 7.74. The number of amides is 2. The summed E-state index contributed by atoms with van der Waals surface area (Å²) in [6.07, 6.45) is 3.76. The van der Waals surface area contributed by atoms with Crippen molar-refractivity contribution in [3.05, 3.63) is 29.8 Å². The van der Waals surface area contributed by atoms with Crippen molar-refractivity contribution in [2.75, 3.05) is 5.32 Å². The zero-order valence-corrected chi connectivity index (χ0v) is 16.3. The molecule has 0 heterocycles. The predicted octanol–water partition coefficient (Wildman–Crippen LogP) is 3.48. The smallest absolute Gasteiger partial charge is 0.251 e. The molecule has 1 aliphatic rings. The van der Waals surface area contributed by atoms with Crippen molar-refractivity contribution in [3.8, 4) is 0 Å². The molecule has 0 aliphatic heterocycles. The molecular formula is C19H30ClN3O2. The zero-order valence-electron chi connectivity index (χ0n) is 15.5. The Morgan fingerprint density at radius 2 is 1.92 bits per heavy atom. The van der Waals surface area contributed by atoms with Crippen LogP contribution in [0.15, 0.2) is 24.3 Å². The van der Waals surface area contributed by atoms with E-state index in [0.29, 0.717) is 11.3 Å². The highest BCUT2D eigenvalue weighted by Gasteiger charge is 2.37. The summed E-state index contributed by atoms with van der Waals surface area (Å²) in [7, 11) is 0. The lowest BCUT2D eigenvalue weighted by Gasteiger charge is -2.37. The summed E-state index contributed by atoms with van der Waals surface area (Å²) in [5.74, 6) is -0.411. The molecule has 5 nitrogen and oxygen atoms in total. The minimum Gasteiger partial charge on any atom is -0.347 e. The molecule has 0 radical (unpaired) electrons. The van der Waals surface area contributed by atoms with E-state index in [0.717, 1.165) is 25.7 Å². The van der Waals surface area contributed by atoms with Gasteiger partial charge in [0.2, 0.25) is 5.91 Å². The van der Waals surface area contributed by atoms with E-state index in [-0.39, 0.29) is 35.7 Å². The molecule has 2 unspecified atom stereocenters. The van der Waals surface area contributed by atoms with Crippen LogP contribution in [0.5, 0.6) is 0 Å². The van der Waals surface area contributed by atoms with E-state index in [1.165, 1.54) is 0 Å². The third-order valence-electron chi connectivity index (χ3n) is 4.45. The molecule has 2 atom stereocenters. The van der Waals surface area contributed by atoms with Crippen LogP contribution in [0.1, 0.15) is 63.7 Å². The van der Waals surface area contributed by atoms with Crippen molar-refractivity contribution in [2.24, 2.45) is 11.7 Å². The summed E-state index contributed by atoms with van der Waals surface area (Å²) in [6, 6.07) is 7.01. The molecule has 4 N–H and O–H groups in total. The Labute approximate surface area is 156 Å². The van der Waals surface area contributed by atoms with E-state index in [9.17, 15) is 9.59 Å². The highest BCUT2D eigenvalue weighted by Crippen LogP contribution is 2.32. The molecule has 2 rings (SSSR count). The first-order valence-electron chi connectivity index (χ1n) is 8.61. The Bertz CT molecular complexity index is 623. The number of hydrogen-bond donors (Lipinski definition) is 3. The number of carbonyl (C=O) groups excluding carboxylic acids is 2. The molecule has 0 saturated heterocycles. The summed E-state index contributed by atoms with van der Waals surface area (Å²) < 4.78 is 0. The Morgan fingerprint density at radius 3 is 2.52 bits per heavy atom. The molecule has 1 fully saturated rings. The van der Waals surface area contributed by atoms with Crippen LogP contribution in [0.3, 0.4) is 0 Å². The largest absolute Gasteiger partial charge is 0.347 e. The standard InChI is InChI=1S/C19H29N3O2.ClH/c1-18(2,3)22-16(23)13-8-7-9-14(12-13)21-17(24)15-10-5-6-11-19(15,4)20;/h7-9,12,15H,5-6,10-11,20H2,1-4H3,(H,21,24)(H,22,23);1H. The Morgan fingerprint density at radius 1 is 1.24 bits per heavy atom. The third kappa shape index (κ3) is 6.01. The second-order valence-corrected chi connectivity index (χ2v) is 8.08. The molecular weight excluding hydrogens is 338 g/mol. The number of nitrogens with two attached hydrogens (primary N) is 1. The summed E-state index contributed by atoms with van der Waals surface area (Å²) in [5, 5.41) is 5.85. The third-order valence-corrected chi connectivity index (χ3v) is 4.45. The van der Waals surface area contributed by atoms with Crippen LogP contribution >= 0.6 is 12.4 Å². The first-order chi connectivity index (χ1) is 11.1. The van der Waals surface area contributed by atoms with Crippen LogP contribution in [0.25, 0.3) is 0 Å². The lowest BCUT2D eigenvalue weighted by atomic mass is 9.74. The first-order valence-corrected chi connectivity index (χ1v) is 8.61. The van der Waals surface area contributed by atoms with Gasteiger partial charge in [0.15, 0.2) is 0 Å². The summed E-state index contributed by atoms with van der Waals surface area (Å²) >= 11 is 0. The van der Waals surface area contributed by atoms with E-state index in [1.807, 2.05) is 27.7 Å². The van der Waals surface area contributed by atoms with Crippen molar-refractivity contribution < 1.29 is 9.59 Å². The van der Waals surface area contributed by atoms with Gasteiger partial charge in [0.25, 0.3) is 5.91 Å². The van der Waals surface area contributed by atoms with E-state index in [4.69, 9.17) is 5.73 Å². The van der Waals surface area contributed by atoms with Crippen LogP contribution in [-0.2, 0) is 4.79 Å². The Hall–Kier alpha value is -1.59. The number of hydrogen-bond acceptors (Lipinski definition) is 3. The topological polar surface area (TPSA) is 84.2 Å². The predicted molar refractivity (Wildman–Crippen MR) is 104 cm³/mol. The maximum absolute atomic E-state index is 12.6. The molecule has 2 amide bonds. The van der Waals surface area contributed by atoms with Crippen molar-refractivity contribution in [2.45, 2.75) is 64.5 Å². The second-order valence-electron chi connectivity index (χ2n) is 8.08. The van der Waals surface area contributed by atoms with Gasteiger partial charge in [-0.05, 0) is 58.7 Å². The minimum absolute atomic E-state index is 0. The lowest BCUT2D eigenvalue weighted by Crippen LogP contribution is -2.51. The van der Waals surface area contributed by atoms with Crippen LogP contribution < -0.4 is 16.4 Å². The van der Waals surface area contributed by atoms with Gasteiger partial charge in [-0.25, -0.2) is 0 Å². The van der Waals surface area contributed by atoms with Gasteiger partial charge < -0.3 is 16.4 Å². The van der Waals surface area contributed by atoms with Gasteiger partial charge in [-0.3, -0.25) is 9.59 Å². The minimum atomic E-state index is -0.469. The van der Waals surface area contributed by atoms with Gasteiger partial charge in [0, 0.05) is 22.3 Å². The van der Waals surface area contributed by atoms with Gasteiger partial charge in [-0.15, -0.1) is 12.4 Å². The summed E-state index contributed by atoms with van der Waals surface area (Å²) in [4.78, 5) is 24.9. The van der Waals surface area contributed by atoms with Gasteiger partial charge in [0.1, 0.15) is 0 Å². The Balaban J connectivity index is 0.00000312. The molecule has 140 valence electrons. The highest BCUT2D eigenvalue weighted by atomic mass is 35.5. The van der Waals surface area contributed by atoms with Crippen LogP contribution in [0.2, 0.25) is 0 Å². The van der Waals surface area contributed by atoms with E-state index < -0.39 is 5.54 Å². The van der Waals surface area contributed by atoms with Gasteiger partial charge in [-0.1, -0.05) is 18.9 Å². The van der Waals surface area contributed by atoms with Crippen LogP contribution in [0.4, 0.5) is 5.69 Å². The van der Waals surface area contributed by atoms with Crippen LogP contribution in [-0.4, -0.2) is 22.9 Å². The maximum Gasteiger partial charge on any atom is 0.251 e. The fourth-order valence-corrected chi connectivity index (χ4v) is 3.17. The fraction of sp³-hybridized carbons (Fsp3) is 0.579. The molecule has 6 heteroatoms. The number of anilines is 1. The fourth-order valence-electron chi connectivity index (χ4n) is 3.17. The monoisotopic (exact) mass is 367 g/mol. The number of nitrogens with one attached hydrogen (secondary N) is 2. The second kappa shape index (κ2) is 8.19. The van der Waals surface area contributed by atoms with Crippen molar-refractivity contribution in [1.29, 1.82) is 0 Å². The molecule has 1 aromatic rings. The molecule has 1 aromatic carbocycles. The first kappa shape index (κ1) is 21.5. The zero-order chi connectivity index (χ0) is 18.0. The van der Waals surface area contributed by atoms with Gasteiger partial charge in [-0.2, -0.15) is 0 Å². The number of carbonyl (C=O) groups is 2. The normalized spacial score (nSPS) is 23.3. The number of halogens is 1. The molecule has 1 aliphatic carbocycles. The van der Waals surface area contributed by atoms with E-state index in [1.54, 1.807) is 24.3 Å². The van der Waals surface area contributed by atoms with Crippen LogP contribution in [0, 0.1) is 5.92 Å². The van der Waals surface area contributed by atoms with E-state index in [2.05, 4.69) is 10.6 Å². The van der Waals surface area contributed by atoms with E-state index >= 15 is 0 Å². The Kier molecular flexibility index (Phi) is 7.03. The lowest BCUT2D eigenvalue weighted by molar-refractivity contribution is -0.122. The van der Waals surface area contributed by atoms with Gasteiger partial charge in [0.05, 0.1) is 5.92 Å². The SMILES string of the molecule is CC(C)(C)NC(=O)c1cccc(NC(=O)C2CCCCC2(C)N)c1.Cl. The molecule has 0 bridgehead atoms. The van der Waals surface area contributed by atoms with Crippen molar-refractivity contribution in [1.82, 2.24) is 5.32 Å². The van der Waals surface area contributed by atoms with Crippen molar-refractivity contribution >= 4 is 29.9 Å². The number of benzene rings is 1. The molecule has 0 aromatic heterocycles. The average Bonchev–Trinajstić information content (AvgIpc) is 2.45. The quantitative estimate of drug-likeness (QED) is 0.764. The molecule has 1 saturated carbocycles. The number of rotatable bonds is 3. The molecule has 0 spiro atoms.